The van der Waals surface area contributed by atoms with Gasteiger partial charge in [0.1, 0.15) is 5.70 Å². The van der Waals surface area contributed by atoms with Crippen molar-refractivity contribution < 1.29 is 9.59 Å². The molecule has 1 aliphatic rings. The first-order chi connectivity index (χ1) is 15.1. The van der Waals surface area contributed by atoms with Gasteiger partial charge in [-0.3, -0.25) is 9.59 Å². The van der Waals surface area contributed by atoms with E-state index in [1.165, 1.54) is 4.90 Å². The van der Waals surface area contributed by atoms with E-state index in [1.54, 1.807) is 24.3 Å². The Kier molecular flexibility index (Phi) is 4.77. The van der Waals surface area contributed by atoms with Crippen molar-refractivity contribution in [3.63, 3.8) is 0 Å². The molecule has 4 aromatic rings. The molecule has 5 heteroatoms. The van der Waals surface area contributed by atoms with Gasteiger partial charge in [0.15, 0.2) is 0 Å². The van der Waals surface area contributed by atoms with Crippen LogP contribution >= 0.6 is 11.6 Å². The van der Waals surface area contributed by atoms with E-state index >= 15 is 0 Å². The van der Waals surface area contributed by atoms with Crippen molar-refractivity contribution in [2.24, 2.45) is 0 Å². The van der Waals surface area contributed by atoms with Crippen LogP contribution in [0.4, 0.5) is 11.4 Å². The fourth-order valence-corrected chi connectivity index (χ4v) is 3.94. The van der Waals surface area contributed by atoms with E-state index in [9.17, 15) is 9.59 Å². The number of nitrogens with one attached hydrogen (secondary N) is 1. The zero-order valence-electron chi connectivity index (χ0n) is 16.4. The largest absolute Gasteiger partial charge is 0.350 e. The van der Waals surface area contributed by atoms with E-state index in [0.29, 0.717) is 21.8 Å². The molecule has 5 rings (SSSR count). The Labute approximate surface area is 184 Å². The molecular formula is C26H17ClN2O2. The fraction of sp³-hybridized carbons (Fsp3) is 0. The Hall–Kier alpha value is -3.89. The number of benzene rings is 4. The number of halogens is 1. The second kappa shape index (κ2) is 7.74. The van der Waals surface area contributed by atoms with Crippen molar-refractivity contribution in [3.05, 3.63) is 113 Å². The highest BCUT2D eigenvalue weighted by molar-refractivity contribution is 6.46. The summed E-state index contributed by atoms with van der Waals surface area (Å²) in [4.78, 5) is 28.1. The van der Waals surface area contributed by atoms with Crippen molar-refractivity contribution in [2.75, 3.05) is 10.2 Å². The number of carbonyl (C=O) groups excluding carboxylic acids is 2. The third-order valence-electron chi connectivity index (χ3n) is 5.28. The average molecular weight is 425 g/mol. The Morgan fingerprint density at radius 1 is 0.677 bits per heavy atom. The number of imide groups is 1. The lowest BCUT2D eigenvalue weighted by atomic mass is 10.0. The van der Waals surface area contributed by atoms with Crippen molar-refractivity contribution in [1.82, 2.24) is 0 Å². The molecule has 0 fully saturated rings. The molecule has 0 saturated heterocycles. The Morgan fingerprint density at radius 3 is 2.13 bits per heavy atom. The number of hydrogen-bond acceptors (Lipinski definition) is 3. The summed E-state index contributed by atoms with van der Waals surface area (Å²) in [5.41, 5.74) is 2.51. The van der Waals surface area contributed by atoms with Gasteiger partial charge in [0.2, 0.25) is 0 Å². The SMILES string of the molecule is O=C1C(Nc2cccc3ccccc23)=C(c2ccccc2)C(=O)N1c1ccc(Cl)cc1. The summed E-state index contributed by atoms with van der Waals surface area (Å²) in [6, 6.07) is 29.6. The molecule has 0 unspecified atom stereocenters. The maximum Gasteiger partial charge on any atom is 0.282 e. The number of nitrogens with zero attached hydrogens (tertiary/aromatic N) is 1. The van der Waals surface area contributed by atoms with Crippen LogP contribution in [0.5, 0.6) is 0 Å². The third kappa shape index (κ3) is 3.37. The summed E-state index contributed by atoms with van der Waals surface area (Å²) < 4.78 is 0. The monoisotopic (exact) mass is 424 g/mol. The van der Waals surface area contributed by atoms with Crippen LogP contribution in [0.1, 0.15) is 5.56 Å². The lowest BCUT2D eigenvalue weighted by Crippen LogP contribution is -2.32. The highest BCUT2D eigenvalue weighted by atomic mass is 35.5. The molecule has 4 nitrogen and oxygen atoms in total. The molecular weight excluding hydrogens is 408 g/mol. The van der Waals surface area contributed by atoms with E-state index in [2.05, 4.69) is 5.32 Å². The topological polar surface area (TPSA) is 49.4 Å². The highest BCUT2D eigenvalue weighted by Crippen LogP contribution is 2.35. The molecule has 1 N–H and O–H groups in total. The standard InChI is InChI=1S/C26H17ClN2O2/c27-19-13-15-20(16-14-19)29-25(30)23(18-8-2-1-3-9-18)24(26(29)31)28-22-12-6-10-17-7-4-5-11-21(17)22/h1-16,28H. The molecule has 0 spiro atoms. The van der Waals surface area contributed by atoms with Crippen LogP contribution in [0.2, 0.25) is 5.02 Å². The van der Waals surface area contributed by atoms with Crippen LogP contribution < -0.4 is 10.2 Å². The van der Waals surface area contributed by atoms with Gasteiger partial charge in [0, 0.05) is 16.1 Å². The molecule has 150 valence electrons. The quantitative estimate of drug-likeness (QED) is 0.415. The maximum absolute atomic E-state index is 13.5. The molecule has 0 saturated carbocycles. The van der Waals surface area contributed by atoms with Gasteiger partial charge in [-0.25, -0.2) is 4.90 Å². The van der Waals surface area contributed by atoms with Gasteiger partial charge in [0.25, 0.3) is 11.8 Å². The molecule has 2 amide bonds. The molecule has 1 heterocycles. The average Bonchev–Trinajstić information content (AvgIpc) is 3.04. The smallest absolute Gasteiger partial charge is 0.282 e. The number of carbonyl (C=O) groups is 2. The second-order valence-corrected chi connectivity index (χ2v) is 7.63. The van der Waals surface area contributed by atoms with Gasteiger partial charge < -0.3 is 5.32 Å². The van der Waals surface area contributed by atoms with E-state index < -0.39 is 5.91 Å². The Balaban J connectivity index is 1.65. The number of anilines is 2. The predicted molar refractivity (Wildman–Crippen MR) is 125 cm³/mol. The van der Waals surface area contributed by atoms with E-state index in [-0.39, 0.29) is 11.6 Å². The third-order valence-corrected chi connectivity index (χ3v) is 5.53. The summed E-state index contributed by atoms with van der Waals surface area (Å²) in [5.74, 6) is -0.777. The van der Waals surface area contributed by atoms with Gasteiger partial charge in [-0.1, -0.05) is 78.3 Å². The van der Waals surface area contributed by atoms with Gasteiger partial charge in [-0.15, -0.1) is 0 Å². The predicted octanol–water partition coefficient (Wildman–Crippen LogP) is 5.89. The summed E-state index contributed by atoms with van der Waals surface area (Å²) >= 11 is 6.00. The molecule has 0 atom stereocenters. The molecule has 1 aliphatic heterocycles. The number of amides is 2. The van der Waals surface area contributed by atoms with Gasteiger partial charge in [0.05, 0.1) is 11.3 Å². The normalized spacial score (nSPS) is 13.9. The first-order valence-corrected chi connectivity index (χ1v) is 10.2. The van der Waals surface area contributed by atoms with Crippen LogP contribution in [-0.4, -0.2) is 11.8 Å². The highest BCUT2D eigenvalue weighted by Gasteiger charge is 2.40. The van der Waals surface area contributed by atoms with Crippen molar-refractivity contribution in [1.29, 1.82) is 0 Å². The van der Waals surface area contributed by atoms with E-state index in [0.717, 1.165) is 16.5 Å². The summed E-state index contributed by atoms with van der Waals surface area (Å²) in [6.07, 6.45) is 0. The molecule has 0 aromatic heterocycles. The van der Waals surface area contributed by atoms with Crippen molar-refractivity contribution in [2.45, 2.75) is 0 Å². The van der Waals surface area contributed by atoms with Crippen LogP contribution in [0.15, 0.2) is 103 Å². The molecule has 0 aliphatic carbocycles. The molecule has 31 heavy (non-hydrogen) atoms. The first kappa shape index (κ1) is 19.1. The van der Waals surface area contributed by atoms with E-state index in [4.69, 9.17) is 11.6 Å². The Morgan fingerprint density at radius 2 is 1.35 bits per heavy atom. The molecule has 0 bridgehead atoms. The van der Waals surface area contributed by atoms with Crippen LogP contribution in [0, 0.1) is 0 Å². The first-order valence-electron chi connectivity index (χ1n) is 9.82. The lowest BCUT2D eigenvalue weighted by molar-refractivity contribution is -0.120. The summed E-state index contributed by atoms with van der Waals surface area (Å²) in [5, 5.41) is 5.81. The zero-order chi connectivity index (χ0) is 21.4. The zero-order valence-corrected chi connectivity index (χ0v) is 17.1. The lowest BCUT2D eigenvalue weighted by Gasteiger charge is -2.16. The van der Waals surface area contributed by atoms with Gasteiger partial charge in [-0.2, -0.15) is 0 Å². The fourth-order valence-electron chi connectivity index (χ4n) is 3.81. The number of rotatable bonds is 4. The Bertz CT molecular complexity index is 1340. The van der Waals surface area contributed by atoms with Crippen LogP contribution in [0.25, 0.3) is 16.3 Å². The summed E-state index contributed by atoms with van der Waals surface area (Å²) in [7, 11) is 0. The molecule has 4 aromatic carbocycles. The second-order valence-electron chi connectivity index (χ2n) is 7.19. The summed E-state index contributed by atoms with van der Waals surface area (Å²) in [6.45, 7) is 0. The van der Waals surface area contributed by atoms with Crippen LogP contribution in [-0.2, 0) is 9.59 Å². The number of fused-ring (bicyclic) bond motifs is 1. The van der Waals surface area contributed by atoms with E-state index in [1.807, 2.05) is 72.8 Å². The number of hydrogen-bond donors (Lipinski definition) is 1. The molecule has 0 radical (unpaired) electrons. The van der Waals surface area contributed by atoms with Crippen molar-refractivity contribution >= 4 is 51.1 Å². The van der Waals surface area contributed by atoms with Gasteiger partial charge >= 0.3 is 0 Å². The van der Waals surface area contributed by atoms with Crippen molar-refractivity contribution in [3.8, 4) is 0 Å². The van der Waals surface area contributed by atoms with Crippen LogP contribution in [0.3, 0.4) is 0 Å². The van der Waals surface area contributed by atoms with Gasteiger partial charge in [-0.05, 0) is 41.3 Å². The minimum Gasteiger partial charge on any atom is -0.350 e. The maximum atomic E-state index is 13.5. The minimum atomic E-state index is -0.404. The minimum absolute atomic E-state index is 0.252.